The molecule has 3 rings (SSSR count). The molecule has 0 radical (unpaired) electrons. The lowest BCUT2D eigenvalue weighted by molar-refractivity contribution is 0.465. The van der Waals surface area contributed by atoms with E-state index in [0.29, 0.717) is 6.04 Å². The normalized spacial score (nSPS) is 25.0. The third-order valence-corrected chi connectivity index (χ3v) is 3.85. The molecule has 1 heterocycles. The minimum atomic E-state index is 0.706. The Kier molecular flexibility index (Phi) is 2.28. The number of fused-ring (bicyclic) bond motifs is 1. The van der Waals surface area contributed by atoms with Crippen molar-refractivity contribution in [1.82, 2.24) is 5.32 Å². The van der Waals surface area contributed by atoms with Gasteiger partial charge in [0.1, 0.15) is 0 Å². The standard InChI is InChI=1S/C14H19N/c1-2-12-8-14-11(9-15-12)4-3-5-13(14)10-6-7-10/h3-5,10,12,15H,2,6-9H2,1H3. The van der Waals surface area contributed by atoms with E-state index in [0.717, 1.165) is 12.5 Å². The van der Waals surface area contributed by atoms with Crippen LogP contribution in [0.1, 0.15) is 48.8 Å². The summed E-state index contributed by atoms with van der Waals surface area (Å²) in [5.74, 6) is 0.899. The molecular formula is C14H19N. The van der Waals surface area contributed by atoms with Gasteiger partial charge in [-0.1, -0.05) is 25.1 Å². The van der Waals surface area contributed by atoms with E-state index in [1.54, 1.807) is 16.7 Å². The Hall–Kier alpha value is -0.820. The van der Waals surface area contributed by atoms with Crippen LogP contribution in [0.25, 0.3) is 0 Å². The zero-order valence-corrected chi connectivity index (χ0v) is 9.42. The molecule has 0 amide bonds. The van der Waals surface area contributed by atoms with E-state index >= 15 is 0 Å². The predicted octanol–water partition coefficient (Wildman–Crippen LogP) is 2.99. The van der Waals surface area contributed by atoms with Crippen LogP contribution in [0.3, 0.4) is 0 Å². The van der Waals surface area contributed by atoms with Gasteiger partial charge in [-0.25, -0.2) is 0 Å². The fourth-order valence-corrected chi connectivity index (χ4v) is 2.71. The first-order valence-corrected chi connectivity index (χ1v) is 6.22. The Morgan fingerprint density at radius 1 is 1.33 bits per heavy atom. The Morgan fingerprint density at radius 3 is 2.93 bits per heavy atom. The maximum absolute atomic E-state index is 3.61. The van der Waals surface area contributed by atoms with E-state index in [1.165, 1.54) is 25.7 Å². The molecule has 1 heteroatoms. The van der Waals surface area contributed by atoms with Crippen LogP contribution in [0.2, 0.25) is 0 Å². The van der Waals surface area contributed by atoms with E-state index < -0.39 is 0 Å². The van der Waals surface area contributed by atoms with Crippen LogP contribution in [0.4, 0.5) is 0 Å². The smallest absolute Gasteiger partial charge is 0.0211 e. The van der Waals surface area contributed by atoms with Crippen LogP contribution in [-0.4, -0.2) is 6.04 Å². The molecule has 0 saturated heterocycles. The Labute approximate surface area is 91.9 Å². The molecule has 1 saturated carbocycles. The number of rotatable bonds is 2. The number of nitrogens with one attached hydrogen (secondary N) is 1. The number of benzene rings is 1. The summed E-state index contributed by atoms with van der Waals surface area (Å²) in [4.78, 5) is 0. The van der Waals surface area contributed by atoms with Crippen LogP contribution in [0.5, 0.6) is 0 Å². The van der Waals surface area contributed by atoms with Gasteiger partial charge in [-0.3, -0.25) is 0 Å². The molecule has 1 aromatic rings. The summed E-state index contributed by atoms with van der Waals surface area (Å²) in [7, 11) is 0. The first-order chi connectivity index (χ1) is 7.38. The molecule has 1 fully saturated rings. The molecule has 0 spiro atoms. The highest BCUT2D eigenvalue weighted by atomic mass is 14.9. The lowest BCUT2D eigenvalue weighted by atomic mass is 9.89. The van der Waals surface area contributed by atoms with Gasteiger partial charge in [-0.05, 0) is 48.3 Å². The molecule has 2 aliphatic rings. The summed E-state index contributed by atoms with van der Waals surface area (Å²) >= 11 is 0. The minimum absolute atomic E-state index is 0.706. The second kappa shape index (κ2) is 3.64. The van der Waals surface area contributed by atoms with E-state index in [2.05, 4.69) is 30.4 Å². The third-order valence-electron chi connectivity index (χ3n) is 3.85. The molecular weight excluding hydrogens is 182 g/mol. The van der Waals surface area contributed by atoms with E-state index in [-0.39, 0.29) is 0 Å². The lowest BCUT2D eigenvalue weighted by Gasteiger charge is -2.27. The van der Waals surface area contributed by atoms with Crippen LogP contribution < -0.4 is 5.32 Å². The Balaban J connectivity index is 1.97. The molecule has 1 unspecified atom stereocenters. The van der Waals surface area contributed by atoms with Gasteiger partial charge < -0.3 is 5.32 Å². The summed E-state index contributed by atoms with van der Waals surface area (Å²) < 4.78 is 0. The highest BCUT2D eigenvalue weighted by Crippen LogP contribution is 2.43. The van der Waals surface area contributed by atoms with E-state index in [9.17, 15) is 0 Å². The number of hydrogen-bond donors (Lipinski definition) is 1. The topological polar surface area (TPSA) is 12.0 Å². The summed E-state index contributed by atoms with van der Waals surface area (Å²) in [6.45, 7) is 3.36. The van der Waals surface area contributed by atoms with Crippen molar-refractivity contribution in [3.8, 4) is 0 Å². The van der Waals surface area contributed by atoms with Gasteiger partial charge in [0.05, 0.1) is 0 Å². The quantitative estimate of drug-likeness (QED) is 0.775. The van der Waals surface area contributed by atoms with Crippen LogP contribution in [-0.2, 0) is 13.0 Å². The van der Waals surface area contributed by atoms with Crippen molar-refractivity contribution >= 4 is 0 Å². The fraction of sp³-hybridized carbons (Fsp3) is 0.571. The van der Waals surface area contributed by atoms with Crippen molar-refractivity contribution in [2.75, 3.05) is 0 Å². The second-order valence-corrected chi connectivity index (χ2v) is 4.95. The second-order valence-electron chi connectivity index (χ2n) is 4.95. The van der Waals surface area contributed by atoms with E-state index in [4.69, 9.17) is 0 Å². The zero-order chi connectivity index (χ0) is 10.3. The summed E-state index contributed by atoms with van der Waals surface area (Å²) in [5, 5.41) is 3.61. The molecule has 1 aliphatic heterocycles. The molecule has 0 bridgehead atoms. The van der Waals surface area contributed by atoms with Gasteiger partial charge >= 0.3 is 0 Å². The van der Waals surface area contributed by atoms with Crippen molar-refractivity contribution < 1.29 is 0 Å². The highest BCUT2D eigenvalue weighted by Gasteiger charge is 2.28. The molecule has 0 aromatic heterocycles. The van der Waals surface area contributed by atoms with Crippen molar-refractivity contribution in [2.24, 2.45) is 0 Å². The van der Waals surface area contributed by atoms with Crippen molar-refractivity contribution in [3.63, 3.8) is 0 Å². The zero-order valence-electron chi connectivity index (χ0n) is 9.42. The monoisotopic (exact) mass is 201 g/mol. The average Bonchev–Trinajstić information content (AvgIpc) is 3.11. The van der Waals surface area contributed by atoms with E-state index in [1.807, 2.05) is 0 Å². The van der Waals surface area contributed by atoms with Crippen molar-refractivity contribution in [3.05, 3.63) is 34.9 Å². The van der Waals surface area contributed by atoms with Crippen molar-refractivity contribution in [2.45, 2.75) is 51.1 Å². The molecule has 1 atom stereocenters. The van der Waals surface area contributed by atoms with Gasteiger partial charge in [-0.2, -0.15) is 0 Å². The maximum Gasteiger partial charge on any atom is 0.0211 e. The van der Waals surface area contributed by atoms with Gasteiger partial charge in [0.2, 0.25) is 0 Å². The molecule has 1 aromatic carbocycles. The van der Waals surface area contributed by atoms with Crippen LogP contribution >= 0.6 is 0 Å². The van der Waals surface area contributed by atoms with Gasteiger partial charge in [0, 0.05) is 12.6 Å². The van der Waals surface area contributed by atoms with Gasteiger partial charge in [-0.15, -0.1) is 0 Å². The largest absolute Gasteiger partial charge is 0.310 e. The molecule has 1 aliphatic carbocycles. The minimum Gasteiger partial charge on any atom is -0.310 e. The Bertz CT molecular complexity index is 366. The van der Waals surface area contributed by atoms with Crippen molar-refractivity contribution in [1.29, 1.82) is 0 Å². The van der Waals surface area contributed by atoms with Gasteiger partial charge in [0.25, 0.3) is 0 Å². The first kappa shape index (κ1) is 9.41. The number of hydrogen-bond acceptors (Lipinski definition) is 1. The Morgan fingerprint density at radius 2 is 2.20 bits per heavy atom. The molecule has 1 nitrogen and oxygen atoms in total. The summed E-state index contributed by atoms with van der Waals surface area (Å²) in [6.07, 6.45) is 5.33. The fourth-order valence-electron chi connectivity index (χ4n) is 2.71. The predicted molar refractivity (Wildman–Crippen MR) is 63.0 cm³/mol. The highest BCUT2D eigenvalue weighted by molar-refractivity contribution is 5.41. The first-order valence-electron chi connectivity index (χ1n) is 6.22. The van der Waals surface area contributed by atoms with Crippen LogP contribution in [0.15, 0.2) is 18.2 Å². The molecule has 80 valence electrons. The summed E-state index contributed by atoms with van der Waals surface area (Å²) in [5.41, 5.74) is 4.88. The van der Waals surface area contributed by atoms with Gasteiger partial charge in [0.15, 0.2) is 0 Å². The SMILES string of the molecule is CCC1Cc2c(cccc2C2CC2)CN1. The third kappa shape index (κ3) is 1.69. The summed E-state index contributed by atoms with van der Waals surface area (Å²) in [6, 6.07) is 7.59. The average molecular weight is 201 g/mol. The molecule has 15 heavy (non-hydrogen) atoms. The molecule has 1 N–H and O–H groups in total. The maximum atomic E-state index is 3.61. The van der Waals surface area contributed by atoms with Crippen LogP contribution in [0, 0.1) is 0 Å². The lowest BCUT2D eigenvalue weighted by Crippen LogP contribution is -2.35.